The lowest BCUT2D eigenvalue weighted by Crippen LogP contribution is -2.15. The molecule has 18 aromatic carbocycles. The second kappa shape index (κ2) is 27.0. The van der Waals surface area contributed by atoms with Gasteiger partial charge in [0.15, 0.2) is 0 Å². The summed E-state index contributed by atoms with van der Waals surface area (Å²) in [5, 5.41) is 7.72. The van der Waals surface area contributed by atoms with Crippen LogP contribution in [0.15, 0.2) is 413 Å². The summed E-state index contributed by atoms with van der Waals surface area (Å²) < 4.78 is 7.40. The van der Waals surface area contributed by atoms with Gasteiger partial charge < -0.3 is 13.7 Å². The van der Waals surface area contributed by atoms with Crippen molar-refractivity contribution in [2.24, 2.45) is 0 Å². The Kier molecular flexibility index (Phi) is 15.8. The summed E-state index contributed by atoms with van der Waals surface area (Å²) in [5.41, 5.74) is 42.9. The number of aromatic nitrogens is 3. The molecule has 1 atom stereocenters. The highest BCUT2D eigenvalue weighted by Gasteiger charge is 2.40. The highest BCUT2D eigenvalue weighted by molar-refractivity contribution is 6.20. The van der Waals surface area contributed by atoms with Crippen molar-refractivity contribution in [1.82, 2.24) is 13.7 Å². The Morgan fingerprint density at radius 3 is 1.16 bits per heavy atom. The Morgan fingerprint density at radius 1 is 0.203 bits per heavy atom. The van der Waals surface area contributed by atoms with Crippen LogP contribution in [-0.2, 0) is 10.8 Å². The van der Waals surface area contributed by atoms with Crippen LogP contribution in [0.3, 0.4) is 0 Å². The standard InChI is InChI=1S/C58H41N.C57H40N2/c1-58(2)51-26-12-11-25-48(51)56-52(58)30-32-54-57(56)50-36-42(28-31-53(50)59(54)44-22-14-20-40(34-44)38-17-7-4-8-18-38)41-27-29-47-49(35-41)45-23-9-10-24-46(45)55(47)43-21-13-19-39(33-43)37-15-5-3-6-16-37;1-57(2)50-25-11-9-23-45(50)47-29-32-54-55(56(47)57)49-36-42(28-31-53(49)59(54)44-22-14-20-40(34-44)38-17-7-4-8-18-38)41-27-30-52-48(35-41)46-24-10-12-26-51(46)58(52)43-21-13-19-39(33-43)37-15-5-3-6-16-37/h3-36,55H,1-2H3;3-36H,1-2H3. The lowest BCUT2D eigenvalue weighted by Gasteiger charge is -2.22. The molecule has 0 saturated carbocycles. The third-order valence-electron chi connectivity index (χ3n) is 26.1. The monoisotopic (exact) mass is 1500 g/mol. The van der Waals surface area contributed by atoms with E-state index < -0.39 is 0 Å². The van der Waals surface area contributed by atoms with Gasteiger partial charge in [0.2, 0.25) is 0 Å². The fraction of sp³-hybridized carbons (Fsp3) is 0.0609. The molecule has 0 radical (unpaired) electrons. The van der Waals surface area contributed by atoms with E-state index in [1.165, 1.54) is 210 Å². The average molecular weight is 1500 g/mol. The van der Waals surface area contributed by atoms with Gasteiger partial charge in [-0.25, -0.2) is 0 Å². The zero-order valence-corrected chi connectivity index (χ0v) is 66.2. The topological polar surface area (TPSA) is 14.8 Å². The molecule has 21 aromatic rings. The molecule has 0 aliphatic heterocycles. The summed E-state index contributed by atoms with van der Waals surface area (Å²) in [7, 11) is 0. The van der Waals surface area contributed by atoms with Crippen molar-refractivity contribution in [2.45, 2.75) is 44.4 Å². The molecule has 3 aliphatic carbocycles. The van der Waals surface area contributed by atoms with Gasteiger partial charge in [-0.1, -0.05) is 343 Å². The first-order valence-corrected chi connectivity index (χ1v) is 41.4. The zero-order valence-electron chi connectivity index (χ0n) is 66.2. The van der Waals surface area contributed by atoms with E-state index in [0.29, 0.717) is 0 Å². The van der Waals surface area contributed by atoms with Crippen LogP contribution in [0.2, 0.25) is 0 Å². The fourth-order valence-corrected chi connectivity index (χ4v) is 20.7. The van der Waals surface area contributed by atoms with Gasteiger partial charge in [-0.3, -0.25) is 0 Å². The summed E-state index contributed by atoms with van der Waals surface area (Å²) in [6.45, 7) is 9.56. The number of benzene rings is 18. The zero-order chi connectivity index (χ0) is 78.5. The summed E-state index contributed by atoms with van der Waals surface area (Å²) in [4.78, 5) is 0. The molecule has 1 unspecified atom stereocenters. The van der Waals surface area contributed by atoms with E-state index in [4.69, 9.17) is 0 Å². The van der Waals surface area contributed by atoms with Crippen molar-refractivity contribution in [3.63, 3.8) is 0 Å². The lowest BCUT2D eigenvalue weighted by atomic mass is 9.80. The first-order chi connectivity index (χ1) is 58.1. The van der Waals surface area contributed by atoms with E-state index in [9.17, 15) is 0 Å². The normalized spacial score (nSPS) is 13.8. The Hall–Kier alpha value is -14.6. The predicted octanol–water partition coefficient (Wildman–Crippen LogP) is 30.4. The summed E-state index contributed by atoms with van der Waals surface area (Å²) in [6, 6.07) is 153. The van der Waals surface area contributed by atoms with Crippen LogP contribution < -0.4 is 0 Å². The molecule has 3 nitrogen and oxygen atoms in total. The minimum atomic E-state index is -0.162. The summed E-state index contributed by atoms with van der Waals surface area (Å²) >= 11 is 0. The Labute approximate surface area is 687 Å². The number of rotatable bonds is 10. The van der Waals surface area contributed by atoms with E-state index in [1.807, 2.05) is 0 Å². The van der Waals surface area contributed by atoms with Crippen LogP contribution in [-0.4, -0.2) is 13.7 Å². The quantitative estimate of drug-likeness (QED) is 0.130. The van der Waals surface area contributed by atoms with Gasteiger partial charge in [-0.05, 0) is 236 Å². The molecule has 556 valence electrons. The minimum absolute atomic E-state index is 0.0933. The Bertz CT molecular complexity index is 7660. The molecule has 24 rings (SSSR count). The highest BCUT2D eigenvalue weighted by atomic mass is 15.0. The molecular weight excluding hydrogens is 1420 g/mol. The maximum atomic E-state index is 2.49. The molecule has 3 aliphatic rings. The molecule has 0 saturated heterocycles. The maximum absolute atomic E-state index is 2.49. The van der Waals surface area contributed by atoms with Crippen molar-refractivity contribution < 1.29 is 0 Å². The number of hydrogen-bond donors (Lipinski definition) is 0. The van der Waals surface area contributed by atoms with Crippen LogP contribution in [0.1, 0.15) is 72.6 Å². The van der Waals surface area contributed by atoms with E-state index in [2.05, 4.69) is 454 Å². The Morgan fingerprint density at radius 2 is 0.585 bits per heavy atom. The molecule has 0 fully saturated rings. The minimum Gasteiger partial charge on any atom is -0.309 e. The molecule has 0 amide bonds. The largest absolute Gasteiger partial charge is 0.309 e. The molecule has 3 aromatic heterocycles. The van der Waals surface area contributed by atoms with E-state index in [1.54, 1.807) is 0 Å². The number of nitrogens with zero attached hydrogens (tertiary/aromatic N) is 3. The first kappa shape index (κ1) is 68.9. The Balaban J connectivity index is 0.000000138. The van der Waals surface area contributed by atoms with Gasteiger partial charge in [0, 0.05) is 66.1 Å². The van der Waals surface area contributed by atoms with Crippen molar-refractivity contribution in [3.8, 4) is 117 Å². The average Bonchev–Trinajstić information content (AvgIpc) is 1.54. The molecule has 0 spiro atoms. The SMILES string of the molecule is CC1(C)c2ccccc2-c2c1ccc1c2c2cc(-c3ccc4c(c3)-c3ccccc3C4c3cccc(-c4ccccc4)c3)ccc2n1-c1cccc(-c2ccccc2)c1.CC1(C)c2ccccc2-c2ccc3c(c21)c1cc(-c2ccc4c(c2)c2ccccc2n4-c2cccc(-c4ccccc4)c2)ccc1n3-c1cccc(-c2ccccc2)c1. The smallest absolute Gasteiger partial charge is 0.0547 e. The van der Waals surface area contributed by atoms with Gasteiger partial charge >= 0.3 is 0 Å². The van der Waals surface area contributed by atoms with Crippen LogP contribution >= 0.6 is 0 Å². The third-order valence-corrected chi connectivity index (χ3v) is 26.1. The van der Waals surface area contributed by atoms with Gasteiger partial charge in [-0.15, -0.1) is 0 Å². The van der Waals surface area contributed by atoms with Crippen molar-refractivity contribution in [2.75, 3.05) is 0 Å². The van der Waals surface area contributed by atoms with E-state index >= 15 is 0 Å². The van der Waals surface area contributed by atoms with Crippen molar-refractivity contribution >= 4 is 65.4 Å². The van der Waals surface area contributed by atoms with E-state index in [-0.39, 0.29) is 16.7 Å². The second-order valence-corrected chi connectivity index (χ2v) is 33.4. The van der Waals surface area contributed by atoms with Crippen molar-refractivity contribution in [3.05, 3.63) is 451 Å². The van der Waals surface area contributed by atoms with Gasteiger partial charge in [0.05, 0.1) is 33.1 Å². The van der Waals surface area contributed by atoms with Crippen LogP contribution in [0.5, 0.6) is 0 Å². The van der Waals surface area contributed by atoms with Crippen LogP contribution in [0, 0.1) is 0 Å². The molecule has 0 N–H and O–H groups in total. The van der Waals surface area contributed by atoms with Crippen LogP contribution in [0.4, 0.5) is 0 Å². The number of para-hydroxylation sites is 1. The first-order valence-electron chi connectivity index (χ1n) is 41.4. The summed E-state index contributed by atoms with van der Waals surface area (Å²) in [6.07, 6.45) is 0. The van der Waals surface area contributed by atoms with Gasteiger partial charge in [0.1, 0.15) is 0 Å². The van der Waals surface area contributed by atoms with Gasteiger partial charge in [0.25, 0.3) is 0 Å². The molecular formula is C115H81N3. The van der Waals surface area contributed by atoms with Gasteiger partial charge in [-0.2, -0.15) is 0 Å². The maximum Gasteiger partial charge on any atom is 0.0547 e. The molecule has 3 heterocycles. The van der Waals surface area contributed by atoms with Crippen LogP contribution in [0.25, 0.3) is 183 Å². The second-order valence-electron chi connectivity index (χ2n) is 33.4. The fourth-order valence-electron chi connectivity index (χ4n) is 20.7. The molecule has 0 bridgehead atoms. The number of hydrogen-bond acceptors (Lipinski definition) is 0. The molecule has 3 heteroatoms. The lowest BCUT2D eigenvalue weighted by molar-refractivity contribution is 0.661. The predicted molar refractivity (Wildman–Crippen MR) is 496 cm³/mol. The van der Waals surface area contributed by atoms with E-state index in [0.717, 1.165) is 11.4 Å². The third kappa shape index (κ3) is 10.8. The highest BCUT2D eigenvalue weighted by Crippen LogP contribution is 2.57. The number of fused-ring (bicyclic) bond motifs is 20. The summed E-state index contributed by atoms with van der Waals surface area (Å²) in [5.74, 6) is 0.178. The van der Waals surface area contributed by atoms with Crippen molar-refractivity contribution in [1.29, 1.82) is 0 Å². The molecule has 118 heavy (non-hydrogen) atoms.